The van der Waals surface area contributed by atoms with Crippen molar-refractivity contribution in [3.63, 3.8) is 0 Å². The second-order valence-electron chi connectivity index (χ2n) is 6.14. The molecule has 4 nitrogen and oxygen atoms in total. The zero-order chi connectivity index (χ0) is 21.5. The van der Waals surface area contributed by atoms with E-state index >= 15 is 0 Å². The van der Waals surface area contributed by atoms with E-state index in [0.29, 0.717) is 33.9 Å². The van der Waals surface area contributed by atoms with Crippen molar-refractivity contribution in [3.05, 3.63) is 70.6 Å². The Morgan fingerprint density at radius 3 is 2.70 bits per heavy atom. The zero-order valence-corrected chi connectivity index (χ0v) is 19.5. The summed E-state index contributed by atoms with van der Waals surface area (Å²) in [4.78, 5) is 15.7. The van der Waals surface area contributed by atoms with Crippen LogP contribution in [0.4, 0.5) is 0 Å². The Bertz CT molecular complexity index is 976. The van der Waals surface area contributed by atoms with Crippen molar-refractivity contribution in [2.45, 2.75) is 4.90 Å². The van der Waals surface area contributed by atoms with E-state index in [1.165, 1.54) is 16.7 Å². The summed E-state index contributed by atoms with van der Waals surface area (Å²) in [6.07, 6.45) is 3.47. The monoisotopic (exact) mass is 477 g/mol. The molecule has 1 aliphatic heterocycles. The predicted molar refractivity (Wildman–Crippen MR) is 131 cm³/mol. The van der Waals surface area contributed by atoms with Crippen LogP contribution in [-0.2, 0) is 4.79 Å². The predicted octanol–water partition coefficient (Wildman–Crippen LogP) is 5.91. The maximum absolute atomic E-state index is 12.5. The maximum Gasteiger partial charge on any atom is 0.266 e. The molecule has 1 fully saturated rings. The number of benzene rings is 2. The summed E-state index contributed by atoms with van der Waals surface area (Å²) in [7, 11) is 1.60. The molecule has 0 atom stereocenters. The molecule has 0 aromatic heterocycles. The van der Waals surface area contributed by atoms with Gasteiger partial charge < -0.3 is 9.47 Å². The highest BCUT2D eigenvalue weighted by molar-refractivity contribution is 8.26. The third-order valence-corrected chi connectivity index (χ3v) is 6.70. The van der Waals surface area contributed by atoms with E-state index in [9.17, 15) is 4.79 Å². The average Bonchev–Trinajstić information content (AvgIpc) is 3.00. The van der Waals surface area contributed by atoms with Gasteiger partial charge in [-0.3, -0.25) is 9.69 Å². The van der Waals surface area contributed by atoms with E-state index < -0.39 is 0 Å². The normalized spacial score (nSPS) is 15.0. The summed E-state index contributed by atoms with van der Waals surface area (Å²) in [5.74, 6) is 1.95. The van der Waals surface area contributed by atoms with Gasteiger partial charge in [0, 0.05) is 22.2 Å². The van der Waals surface area contributed by atoms with Gasteiger partial charge in [0.25, 0.3) is 5.91 Å². The number of carbonyl (C=O) groups is 1. The van der Waals surface area contributed by atoms with Gasteiger partial charge in [-0.2, -0.15) is 0 Å². The van der Waals surface area contributed by atoms with Crippen LogP contribution in [0.5, 0.6) is 11.5 Å². The summed E-state index contributed by atoms with van der Waals surface area (Å²) >= 11 is 14.2. The molecule has 2 aromatic carbocycles. The van der Waals surface area contributed by atoms with Gasteiger partial charge in [0.15, 0.2) is 11.5 Å². The molecule has 1 amide bonds. The van der Waals surface area contributed by atoms with Gasteiger partial charge in [0.1, 0.15) is 4.32 Å². The molecule has 30 heavy (non-hydrogen) atoms. The van der Waals surface area contributed by atoms with Gasteiger partial charge in [0.2, 0.25) is 0 Å². The highest BCUT2D eigenvalue weighted by atomic mass is 35.5. The van der Waals surface area contributed by atoms with E-state index in [0.717, 1.165) is 21.2 Å². The van der Waals surface area contributed by atoms with Gasteiger partial charge in [-0.1, -0.05) is 47.7 Å². The van der Waals surface area contributed by atoms with Crippen LogP contribution in [0.25, 0.3) is 6.08 Å². The fourth-order valence-electron chi connectivity index (χ4n) is 2.67. The molecule has 0 spiro atoms. The van der Waals surface area contributed by atoms with Gasteiger partial charge in [-0.25, -0.2) is 0 Å². The van der Waals surface area contributed by atoms with Crippen molar-refractivity contribution in [2.75, 3.05) is 26.0 Å². The first-order valence-electron chi connectivity index (χ1n) is 9.07. The topological polar surface area (TPSA) is 38.8 Å². The summed E-state index contributed by atoms with van der Waals surface area (Å²) in [6, 6.07) is 13.3. The molecule has 0 saturated carbocycles. The number of halogens is 1. The molecule has 0 bridgehead atoms. The summed E-state index contributed by atoms with van der Waals surface area (Å²) in [5.41, 5.74) is 0.842. The van der Waals surface area contributed by atoms with Gasteiger partial charge in [-0.05, 0) is 48.0 Å². The Morgan fingerprint density at radius 2 is 2.00 bits per heavy atom. The number of thiocarbonyl (C=S) groups is 1. The number of nitrogens with zero attached hydrogens (tertiary/aromatic N) is 1. The standard InChI is InChI=1S/C22H20ClNO3S3/c1-3-10-24-21(25)20(30-22(24)28)14-15-4-9-18(19(13-15)26-2)27-11-12-29-17-7-5-16(23)6-8-17/h3-9,13-14H,1,10-12H2,2H3. The molecule has 0 unspecified atom stereocenters. The Kier molecular flexibility index (Phi) is 8.27. The summed E-state index contributed by atoms with van der Waals surface area (Å²) in [6.45, 7) is 4.61. The van der Waals surface area contributed by atoms with E-state index in [1.54, 1.807) is 24.9 Å². The number of hydrogen-bond acceptors (Lipinski definition) is 6. The van der Waals surface area contributed by atoms with E-state index in [2.05, 4.69) is 6.58 Å². The molecular formula is C22H20ClNO3S3. The van der Waals surface area contributed by atoms with Crippen molar-refractivity contribution in [3.8, 4) is 11.5 Å². The fraction of sp³-hybridized carbons (Fsp3) is 0.182. The minimum absolute atomic E-state index is 0.108. The van der Waals surface area contributed by atoms with Gasteiger partial charge in [-0.15, -0.1) is 18.3 Å². The van der Waals surface area contributed by atoms with Crippen LogP contribution >= 0.6 is 47.3 Å². The Labute approximate surface area is 195 Å². The molecule has 8 heteroatoms. The molecule has 1 heterocycles. The largest absolute Gasteiger partial charge is 0.493 e. The number of methoxy groups -OCH3 is 1. The number of carbonyl (C=O) groups excluding carboxylic acids is 1. The fourth-order valence-corrected chi connectivity index (χ4v) is 4.80. The van der Waals surface area contributed by atoms with Gasteiger partial charge in [0.05, 0.1) is 18.6 Å². The second-order valence-corrected chi connectivity index (χ2v) is 9.42. The highest BCUT2D eigenvalue weighted by Crippen LogP contribution is 2.34. The molecule has 0 N–H and O–H groups in total. The van der Waals surface area contributed by atoms with Crippen molar-refractivity contribution < 1.29 is 14.3 Å². The first kappa shape index (κ1) is 22.7. The second kappa shape index (κ2) is 10.9. The van der Waals surface area contributed by atoms with Crippen LogP contribution in [0.3, 0.4) is 0 Å². The maximum atomic E-state index is 12.5. The number of thioether (sulfide) groups is 2. The van der Waals surface area contributed by atoms with Crippen LogP contribution < -0.4 is 9.47 Å². The minimum Gasteiger partial charge on any atom is -0.493 e. The summed E-state index contributed by atoms with van der Waals surface area (Å²) in [5, 5.41) is 0.725. The molecule has 0 radical (unpaired) electrons. The van der Waals surface area contributed by atoms with Crippen LogP contribution in [0, 0.1) is 0 Å². The van der Waals surface area contributed by atoms with E-state index in [4.69, 9.17) is 33.3 Å². The lowest BCUT2D eigenvalue weighted by Crippen LogP contribution is -2.27. The quantitative estimate of drug-likeness (QED) is 0.147. The lowest BCUT2D eigenvalue weighted by Gasteiger charge is -2.12. The van der Waals surface area contributed by atoms with Crippen molar-refractivity contribution in [1.82, 2.24) is 4.90 Å². The Morgan fingerprint density at radius 1 is 1.23 bits per heavy atom. The molecule has 1 aliphatic rings. The number of amides is 1. The van der Waals surface area contributed by atoms with Crippen molar-refractivity contribution in [2.24, 2.45) is 0 Å². The van der Waals surface area contributed by atoms with Crippen LogP contribution in [0.15, 0.2) is 64.9 Å². The van der Waals surface area contributed by atoms with Crippen molar-refractivity contribution in [1.29, 1.82) is 0 Å². The lowest BCUT2D eigenvalue weighted by molar-refractivity contribution is -0.121. The first-order chi connectivity index (χ1) is 14.5. The molecule has 1 saturated heterocycles. The average molecular weight is 478 g/mol. The lowest BCUT2D eigenvalue weighted by atomic mass is 10.2. The van der Waals surface area contributed by atoms with Crippen molar-refractivity contribution >= 4 is 63.6 Å². The summed E-state index contributed by atoms with van der Waals surface area (Å²) < 4.78 is 11.9. The highest BCUT2D eigenvalue weighted by Gasteiger charge is 2.30. The van der Waals surface area contributed by atoms with Crippen LogP contribution in [0.2, 0.25) is 5.02 Å². The van der Waals surface area contributed by atoms with E-state index in [-0.39, 0.29) is 5.91 Å². The first-order valence-corrected chi connectivity index (χ1v) is 11.7. The number of rotatable bonds is 9. The van der Waals surface area contributed by atoms with Crippen LogP contribution in [-0.4, -0.2) is 41.1 Å². The smallest absolute Gasteiger partial charge is 0.266 e. The minimum atomic E-state index is -0.108. The molecule has 156 valence electrons. The molecule has 3 rings (SSSR count). The Hall–Kier alpha value is -1.93. The van der Waals surface area contributed by atoms with Gasteiger partial charge >= 0.3 is 0 Å². The Balaban J connectivity index is 1.62. The third kappa shape index (κ3) is 5.82. The number of ether oxygens (including phenoxy) is 2. The molecule has 2 aromatic rings. The SMILES string of the molecule is C=CCN1C(=O)C(=Cc2ccc(OCCSc3ccc(Cl)cc3)c(OC)c2)SC1=S. The van der Waals surface area contributed by atoms with Crippen LogP contribution in [0.1, 0.15) is 5.56 Å². The molecule has 0 aliphatic carbocycles. The van der Waals surface area contributed by atoms with E-state index in [1.807, 2.05) is 48.5 Å². The third-order valence-electron chi connectivity index (χ3n) is 4.09. The zero-order valence-electron chi connectivity index (χ0n) is 16.3. The molecular weight excluding hydrogens is 458 g/mol. The number of hydrogen-bond donors (Lipinski definition) is 0.